The van der Waals surface area contributed by atoms with E-state index >= 15 is 0 Å². The van der Waals surface area contributed by atoms with Crippen molar-refractivity contribution >= 4 is 23.8 Å². The number of urea groups is 1. The van der Waals surface area contributed by atoms with Crippen LogP contribution in [0, 0.1) is 6.92 Å². The van der Waals surface area contributed by atoms with E-state index in [4.69, 9.17) is 5.11 Å². The van der Waals surface area contributed by atoms with E-state index in [0.717, 1.165) is 17.1 Å². The van der Waals surface area contributed by atoms with Gasteiger partial charge in [0.15, 0.2) is 0 Å². The molecule has 0 spiro atoms. The number of thioether (sulfide) groups is 1. The van der Waals surface area contributed by atoms with Crippen LogP contribution in [0.15, 0.2) is 24.3 Å². The molecule has 2 rings (SSSR count). The maximum Gasteiger partial charge on any atom is 0.317 e. The number of hydrogen-bond acceptors (Lipinski definition) is 3. The molecule has 1 fully saturated rings. The fourth-order valence-electron chi connectivity index (χ4n) is 2.45. The molecule has 120 valence electrons. The second kappa shape index (κ2) is 8.08. The number of carboxylic acids is 1. The van der Waals surface area contributed by atoms with Gasteiger partial charge in [0.2, 0.25) is 0 Å². The molecule has 0 aromatic heterocycles. The predicted molar refractivity (Wildman–Crippen MR) is 88.2 cm³/mol. The largest absolute Gasteiger partial charge is 0.481 e. The van der Waals surface area contributed by atoms with Crippen LogP contribution in [-0.4, -0.2) is 46.6 Å². The normalized spacial score (nSPS) is 18.0. The summed E-state index contributed by atoms with van der Waals surface area (Å²) < 4.78 is 0. The number of aryl methyl sites for hydroxylation is 1. The summed E-state index contributed by atoms with van der Waals surface area (Å²) in [5, 5.41) is 11.4. The number of aliphatic carboxylic acids is 1. The lowest BCUT2D eigenvalue weighted by Crippen LogP contribution is -2.46. The van der Waals surface area contributed by atoms with Crippen molar-refractivity contribution in [2.75, 3.05) is 24.6 Å². The summed E-state index contributed by atoms with van der Waals surface area (Å²) in [4.78, 5) is 24.7. The van der Waals surface area contributed by atoms with Gasteiger partial charge in [-0.2, -0.15) is 11.8 Å². The molecule has 1 unspecified atom stereocenters. The Labute approximate surface area is 135 Å². The molecule has 1 atom stereocenters. The first-order valence-corrected chi connectivity index (χ1v) is 8.64. The highest BCUT2D eigenvalue weighted by molar-refractivity contribution is 7.99. The van der Waals surface area contributed by atoms with Crippen molar-refractivity contribution in [2.45, 2.75) is 25.8 Å². The fraction of sp³-hybridized carbons (Fsp3) is 0.500. The van der Waals surface area contributed by atoms with Gasteiger partial charge in [-0.05, 0) is 18.9 Å². The van der Waals surface area contributed by atoms with Crippen molar-refractivity contribution in [1.29, 1.82) is 0 Å². The summed E-state index contributed by atoms with van der Waals surface area (Å²) in [5.74, 6) is 0.998. The SMILES string of the molecule is Cc1ccc(C2CSCCN2C(=O)NCCCC(=O)O)cc1. The maximum atomic E-state index is 12.4. The zero-order valence-corrected chi connectivity index (χ0v) is 13.6. The molecule has 0 bridgehead atoms. The standard InChI is InChI=1S/C16H22N2O3S/c1-12-4-6-13(7-5-12)14-11-22-10-9-18(14)16(21)17-8-2-3-15(19)20/h4-7,14H,2-3,8-11H2,1H3,(H,17,21)(H,19,20). The minimum atomic E-state index is -0.832. The average molecular weight is 322 g/mol. The van der Waals surface area contributed by atoms with Gasteiger partial charge in [-0.25, -0.2) is 4.79 Å². The van der Waals surface area contributed by atoms with Gasteiger partial charge < -0.3 is 15.3 Å². The van der Waals surface area contributed by atoms with E-state index in [-0.39, 0.29) is 18.5 Å². The number of rotatable bonds is 5. The first kappa shape index (κ1) is 16.7. The second-order valence-corrected chi connectivity index (χ2v) is 6.57. The van der Waals surface area contributed by atoms with Gasteiger partial charge in [-0.1, -0.05) is 29.8 Å². The zero-order chi connectivity index (χ0) is 15.9. The molecular weight excluding hydrogens is 300 g/mol. The van der Waals surface area contributed by atoms with Crippen LogP contribution < -0.4 is 5.32 Å². The van der Waals surface area contributed by atoms with Crippen LogP contribution in [0.4, 0.5) is 4.79 Å². The van der Waals surface area contributed by atoms with Gasteiger partial charge in [0.1, 0.15) is 0 Å². The topological polar surface area (TPSA) is 69.6 Å². The van der Waals surface area contributed by atoms with E-state index < -0.39 is 5.97 Å². The number of carbonyl (C=O) groups excluding carboxylic acids is 1. The Hall–Kier alpha value is -1.69. The lowest BCUT2D eigenvalue weighted by molar-refractivity contribution is -0.137. The molecule has 2 amide bonds. The number of nitrogens with zero attached hydrogens (tertiary/aromatic N) is 1. The van der Waals surface area contributed by atoms with Crippen LogP contribution in [-0.2, 0) is 4.79 Å². The number of benzene rings is 1. The van der Waals surface area contributed by atoms with Crippen molar-refractivity contribution < 1.29 is 14.7 Å². The van der Waals surface area contributed by atoms with Crippen LogP contribution in [0.5, 0.6) is 0 Å². The molecule has 1 aliphatic rings. The molecule has 0 radical (unpaired) electrons. The Morgan fingerprint density at radius 2 is 2.09 bits per heavy atom. The second-order valence-electron chi connectivity index (χ2n) is 5.42. The molecule has 1 saturated heterocycles. The number of nitrogens with one attached hydrogen (secondary N) is 1. The van der Waals surface area contributed by atoms with E-state index in [1.807, 2.05) is 23.6 Å². The van der Waals surface area contributed by atoms with Crippen molar-refractivity contribution in [2.24, 2.45) is 0 Å². The highest BCUT2D eigenvalue weighted by atomic mass is 32.2. The lowest BCUT2D eigenvalue weighted by atomic mass is 10.1. The zero-order valence-electron chi connectivity index (χ0n) is 12.7. The third-order valence-corrected chi connectivity index (χ3v) is 4.72. The number of hydrogen-bond donors (Lipinski definition) is 2. The molecule has 0 saturated carbocycles. The van der Waals surface area contributed by atoms with Crippen molar-refractivity contribution in [3.8, 4) is 0 Å². The lowest BCUT2D eigenvalue weighted by Gasteiger charge is -2.35. The third kappa shape index (κ3) is 4.66. The summed E-state index contributed by atoms with van der Waals surface area (Å²) in [5.41, 5.74) is 2.36. The Morgan fingerprint density at radius 1 is 1.36 bits per heavy atom. The van der Waals surface area contributed by atoms with Gasteiger partial charge in [0.05, 0.1) is 6.04 Å². The van der Waals surface area contributed by atoms with Crippen molar-refractivity contribution in [3.63, 3.8) is 0 Å². The van der Waals surface area contributed by atoms with E-state index in [0.29, 0.717) is 19.5 Å². The van der Waals surface area contributed by atoms with Crippen LogP contribution >= 0.6 is 11.8 Å². The first-order chi connectivity index (χ1) is 10.6. The summed E-state index contributed by atoms with van der Waals surface area (Å²) in [7, 11) is 0. The van der Waals surface area contributed by atoms with Crippen LogP contribution in [0.2, 0.25) is 0 Å². The molecule has 5 nitrogen and oxygen atoms in total. The Morgan fingerprint density at radius 3 is 2.77 bits per heavy atom. The number of carbonyl (C=O) groups is 2. The monoisotopic (exact) mass is 322 g/mol. The van der Waals surface area contributed by atoms with Crippen LogP contribution in [0.3, 0.4) is 0 Å². The Kier molecular flexibility index (Phi) is 6.12. The van der Waals surface area contributed by atoms with E-state index in [9.17, 15) is 9.59 Å². The highest BCUT2D eigenvalue weighted by Crippen LogP contribution is 2.29. The molecular formula is C16H22N2O3S. The smallest absolute Gasteiger partial charge is 0.317 e. The number of carboxylic acid groups (broad SMARTS) is 1. The van der Waals surface area contributed by atoms with Gasteiger partial charge in [-0.3, -0.25) is 4.79 Å². The van der Waals surface area contributed by atoms with E-state index in [1.54, 1.807) is 0 Å². The quantitative estimate of drug-likeness (QED) is 0.818. The minimum Gasteiger partial charge on any atom is -0.481 e. The summed E-state index contributed by atoms with van der Waals surface area (Å²) in [6.07, 6.45) is 0.538. The van der Waals surface area contributed by atoms with Gasteiger partial charge in [0.25, 0.3) is 0 Å². The number of amides is 2. The van der Waals surface area contributed by atoms with Gasteiger partial charge >= 0.3 is 12.0 Å². The van der Waals surface area contributed by atoms with Crippen LogP contribution in [0.25, 0.3) is 0 Å². The molecule has 1 aromatic rings. The Balaban J connectivity index is 1.95. The predicted octanol–water partition coefficient (Wildman–Crippen LogP) is 2.66. The Bertz CT molecular complexity index is 519. The van der Waals surface area contributed by atoms with E-state index in [2.05, 4.69) is 29.6 Å². The van der Waals surface area contributed by atoms with Gasteiger partial charge in [0, 0.05) is 31.0 Å². The average Bonchev–Trinajstić information content (AvgIpc) is 2.52. The van der Waals surface area contributed by atoms with Crippen molar-refractivity contribution in [3.05, 3.63) is 35.4 Å². The third-order valence-electron chi connectivity index (χ3n) is 3.70. The molecule has 1 heterocycles. The fourth-order valence-corrected chi connectivity index (χ4v) is 3.54. The summed E-state index contributed by atoms with van der Waals surface area (Å²) in [6, 6.07) is 8.28. The van der Waals surface area contributed by atoms with E-state index in [1.165, 1.54) is 5.56 Å². The van der Waals surface area contributed by atoms with Crippen molar-refractivity contribution in [1.82, 2.24) is 10.2 Å². The molecule has 2 N–H and O–H groups in total. The van der Waals surface area contributed by atoms with Crippen LogP contribution in [0.1, 0.15) is 30.0 Å². The molecule has 22 heavy (non-hydrogen) atoms. The first-order valence-electron chi connectivity index (χ1n) is 7.48. The summed E-state index contributed by atoms with van der Waals surface area (Å²) in [6.45, 7) is 3.16. The summed E-state index contributed by atoms with van der Waals surface area (Å²) >= 11 is 1.86. The van der Waals surface area contributed by atoms with Gasteiger partial charge in [-0.15, -0.1) is 0 Å². The maximum absolute atomic E-state index is 12.4. The molecule has 6 heteroatoms. The minimum absolute atomic E-state index is 0.0809. The molecule has 1 aromatic carbocycles. The molecule has 0 aliphatic carbocycles. The highest BCUT2D eigenvalue weighted by Gasteiger charge is 2.28. The molecule has 1 aliphatic heterocycles.